The van der Waals surface area contributed by atoms with Gasteiger partial charge in [0.2, 0.25) is 5.91 Å². The molecule has 4 rings (SSSR count). The van der Waals surface area contributed by atoms with Gasteiger partial charge >= 0.3 is 0 Å². The van der Waals surface area contributed by atoms with Gasteiger partial charge in [0.05, 0.1) is 5.69 Å². The van der Waals surface area contributed by atoms with Gasteiger partial charge in [0.1, 0.15) is 5.82 Å². The molecule has 0 bridgehead atoms. The number of piperidine rings is 1. The highest BCUT2D eigenvalue weighted by atomic mass is 16.2. The van der Waals surface area contributed by atoms with Crippen LogP contribution in [0.4, 0.5) is 0 Å². The zero-order valence-electron chi connectivity index (χ0n) is 16.3. The fraction of sp³-hybridized carbons (Fsp3) is 0.619. The lowest BCUT2D eigenvalue weighted by Crippen LogP contribution is -2.42. The van der Waals surface area contributed by atoms with Gasteiger partial charge in [-0.3, -0.25) is 14.3 Å². The fourth-order valence-electron chi connectivity index (χ4n) is 4.57. The van der Waals surface area contributed by atoms with Gasteiger partial charge in [0.25, 0.3) is 0 Å². The molecule has 3 heterocycles. The Morgan fingerprint density at radius 1 is 1.04 bits per heavy atom. The molecular weight excluding hydrogens is 338 g/mol. The molecule has 0 N–H and O–H groups in total. The molecule has 0 spiro atoms. The Kier molecular flexibility index (Phi) is 5.23. The molecule has 144 valence electrons. The fourth-order valence-corrected chi connectivity index (χ4v) is 4.57. The van der Waals surface area contributed by atoms with Crippen LogP contribution in [0.2, 0.25) is 0 Å². The van der Waals surface area contributed by atoms with E-state index in [1.54, 1.807) is 12.4 Å². The third-order valence-electron chi connectivity index (χ3n) is 5.94. The van der Waals surface area contributed by atoms with Gasteiger partial charge in [-0.25, -0.2) is 9.97 Å². The molecule has 1 aliphatic carbocycles. The minimum atomic E-state index is 0.232. The quantitative estimate of drug-likeness (QED) is 0.827. The molecule has 27 heavy (non-hydrogen) atoms. The molecule has 6 nitrogen and oxygen atoms in total. The summed E-state index contributed by atoms with van der Waals surface area (Å²) in [5.41, 5.74) is 0.987. The molecule has 1 saturated carbocycles. The van der Waals surface area contributed by atoms with Crippen molar-refractivity contribution in [2.75, 3.05) is 13.1 Å². The van der Waals surface area contributed by atoms with Crippen molar-refractivity contribution in [3.8, 4) is 5.82 Å². The molecular formula is C21H29N5O. The molecule has 2 aromatic rings. The van der Waals surface area contributed by atoms with E-state index in [0.717, 1.165) is 56.1 Å². The predicted molar refractivity (Wildman–Crippen MR) is 104 cm³/mol. The number of rotatable bonds is 4. The van der Waals surface area contributed by atoms with Crippen molar-refractivity contribution >= 4 is 5.91 Å². The topological polar surface area (TPSA) is 63.9 Å². The van der Waals surface area contributed by atoms with Gasteiger partial charge in [-0.15, -0.1) is 0 Å². The van der Waals surface area contributed by atoms with Crippen molar-refractivity contribution < 1.29 is 4.79 Å². The second-order valence-electron chi connectivity index (χ2n) is 8.18. The van der Waals surface area contributed by atoms with Crippen molar-refractivity contribution in [1.29, 1.82) is 0 Å². The summed E-state index contributed by atoms with van der Waals surface area (Å²) in [6.07, 6.45) is 13.9. The molecule has 2 fully saturated rings. The van der Waals surface area contributed by atoms with Crippen molar-refractivity contribution in [3.63, 3.8) is 0 Å². The van der Waals surface area contributed by atoms with Crippen LogP contribution >= 0.6 is 0 Å². The van der Waals surface area contributed by atoms with Crippen LogP contribution in [0.25, 0.3) is 5.82 Å². The van der Waals surface area contributed by atoms with E-state index in [4.69, 9.17) is 4.98 Å². The van der Waals surface area contributed by atoms with E-state index in [9.17, 15) is 4.79 Å². The number of carbonyl (C=O) groups is 1. The van der Waals surface area contributed by atoms with E-state index in [1.165, 1.54) is 12.8 Å². The van der Waals surface area contributed by atoms with Crippen LogP contribution in [0.5, 0.6) is 0 Å². The summed E-state index contributed by atoms with van der Waals surface area (Å²) in [6, 6.07) is 0. The number of hydrogen-bond acceptors (Lipinski definition) is 4. The van der Waals surface area contributed by atoms with E-state index in [1.807, 2.05) is 12.4 Å². The number of carbonyl (C=O) groups excluding carboxylic acids is 1. The van der Waals surface area contributed by atoms with Crippen LogP contribution < -0.4 is 0 Å². The molecule has 1 atom stereocenters. The van der Waals surface area contributed by atoms with Crippen molar-refractivity contribution in [2.45, 2.75) is 64.2 Å². The zero-order valence-corrected chi connectivity index (χ0v) is 16.3. The molecule has 0 unspecified atom stereocenters. The zero-order chi connectivity index (χ0) is 18.8. The minimum absolute atomic E-state index is 0.232. The molecule has 2 aromatic heterocycles. The van der Waals surface area contributed by atoms with E-state index in [0.29, 0.717) is 11.8 Å². The Bertz CT molecular complexity index is 793. The monoisotopic (exact) mass is 367 g/mol. The van der Waals surface area contributed by atoms with Crippen molar-refractivity contribution in [2.24, 2.45) is 5.92 Å². The number of nitrogens with zero attached hydrogens (tertiary/aromatic N) is 5. The Labute approximate surface area is 161 Å². The summed E-state index contributed by atoms with van der Waals surface area (Å²) >= 11 is 0. The van der Waals surface area contributed by atoms with E-state index >= 15 is 0 Å². The van der Waals surface area contributed by atoms with Crippen LogP contribution in [0.15, 0.2) is 24.8 Å². The summed E-state index contributed by atoms with van der Waals surface area (Å²) in [7, 11) is 0. The molecule has 1 amide bonds. The first-order chi connectivity index (χ1) is 13.1. The second kappa shape index (κ2) is 7.79. The van der Waals surface area contributed by atoms with Gasteiger partial charge in [0.15, 0.2) is 5.82 Å². The van der Waals surface area contributed by atoms with Crippen molar-refractivity contribution in [3.05, 3.63) is 36.3 Å². The minimum Gasteiger partial charge on any atom is -0.342 e. The maximum absolute atomic E-state index is 12.9. The van der Waals surface area contributed by atoms with Crippen LogP contribution in [0.3, 0.4) is 0 Å². The van der Waals surface area contributed by atoms with E-state index in [-0.39, 0.29) is 11.8 Å². The summed E-state index contributed by atoms with van der Waals surface area (Å²) < 4.78 is 2.06. The highest BCUT2D eigenvalue weighted by Gasteiger charge is 2.32. The van der Waals surface area contributed by atoms with Gasteiger partial charge in [-0.05, 0) is 25.7 Å². The predicted octanol–water partition coefficient (Wildman–Crippen LogP) is 3.68. The molecule has 6 heteroatoms. The molecule has 0 radical (unpaired) electrons. The maximum Gasteiger partial charge on any atom is 0.225 e. The van der Waals surface area contributed by atoms with E-state index < -0.39 is 0 Å². The van der Waals surface area contributed by atoms with E-state index in [2.05, 4.69) is 33.3 Å². The lowest BCUT2D eigenvalue weighted by Gasteiger charge is -2.34. The van der Waals surface area contributed by atoms with Crippen LogP contribution in [0.1, 0.15) is 75.7 Å². The normalized spacial score (nSPS) is 21.1. The Morgan fingerprint density at radius 3 is 2.59 bits per heavy atom. The Hall–Kier alpha value is -2.24. The first-order valence-electron chi connectivity index (χ1n) is 10.3. The summed E-state index contributed by atoms with van der Waals surface area (Å²) in [6.45, 7) is 5.91. The number of imidazole rings is 1. The molecule has 1 aliphatic heterocycles. The number of amides is 1. The standard InChI is InChI=1S/C21H29N5O/c1-15(2)19-24-11-13-26(19)20-18(22-9-10-23-20)17-8-5-12-25(14-17)21(27)16-6-3-4-7-16/h9-11,13,15-17H,3-8,12,14H2,1-2H3/t17-/m1/s1. The number of likely N-dealkylation sites (tertiary alicyclic amines) is 1. The first kappa shape index (κ1) is 18.1. The van der Waals surface area contributed by atoms with Gasteiger partial charge in [0, 0.05) is 55.6 Å². The van der Waals surface area contributed by atoms with Crippen LogP contribution in [0, 0.1) is 5.92 Å². The second-order valence-corrected chi connectivity index (χ2v) is 8.18. The third kappa shape index (κ3) is 3.62. The molecule has 0 aromatic carbocycles. The third-order valence-corrected chi connectivity index (χ3v) is 5.94. The molecule has 1 saturated heterocycles. The maximum atomic E-state index is 12.9. The number of hydrogen-bond donors (Lipinski definition) is 0. The summed E-state index contributed by atoms with van der Waals surface area (Å²) in [5, 5.41) is 0. The summed E-state index contributed by atoms with van der Waals surface area (Å²) in [4.78, 5) is 28.8. The lowest BCUT2D eigenvalue weighted by molar-refractivity contribution is -0.136. The average Bonchev–Trinajstić information content (AvgIpc) is 3.39. The summed E-state index contributed by atoms with van der Waals surface area (Å²) in [5.74, 6) is 2.99. The van der Waals surface area contributed by atoms with Crippen LogP contribution in [-0.2, 0) is 4.79 Å². The number of aromatic nitrogens is 4. The average molecular weight is 367 g/mol. The highest BCUT2D eigenvalue weighted by Crippen LogP contribution is 2.33. The van der Waals surface area contributed by atoms with Gasteiger partial charge < -0.3 is 4.90 Å². The van der Waals surface area contributed by atoms with Gasteiger partial charge in [-0.2, -0.15) is 0 Å². The van der Waals surface area contributed by atoms with Gasteiger partial charge in [-0.1, -0.05) is 26.7 Å². The SMILES string of the molecule is CC(C)c1nccn1-c1nccnc1[C@@H]1CCCN(C(=O)C2CCCC2)C1. The smallest absolute Gasteiger partial charge is 0.225 e. The van der Waals surface area contributed by atoms with Crippen molar-refractivity contribution in [1.82, 2.24) is 24.4 Å². The largest absolute Gasteiger partial charge is 0.342 e. The Morgan fingerprint density at radius 2 is 1.81 bits per heavy atom. The Balaban J connectivity index is 1.60. The van der Waals surface area contributed by atoms with Crippen LogP contribution in [-0.4, -0.2) is 43.4 Å². The highest BCUT2D eigenvalue weighted by molar-refractivity contribution is 5.79. The molecule has 2 aliphatic rings. The lowest BCUT2D eigenvalue weighted by atomic mass is 9.93. The first-order valence-corrected chi connectivity index (χ1v) is 10.3.